The molecule has 0 aliphatic carbocycles. The number of carbonyl (C=O) groups is 1. The fourth-order valence-electron chi connectivity index (χ4n) is 6.62. The Hall–Kier alpha value is -2.89. The minimum atomic E-state index is -1.58. The van der Waals surface area contributed by atoms with E-state index in [1.165, 1.54) is 44.9 Å². The molecule has 342 valence electrons. The van der Waals surface area contributed by atoms with Crippen molar-refractivity contribution in [1.82, 2.24) is 5.32 Å². The summed E-state index contributed by atoms with van der Waals surface area (Å²) in [7, 11) is 0. The molecule has 0 aromatic carbocycles. The largest absolute Gasteiger partial charge is 0.394 e. The van der Waals surface area contributed by atoms with Crippen molar-refractivity contribution in [2.24, 2.45) is 0 Å². The van der Waals surface area contributed by atoms with Crippen LogP contribution in [0, 0.1) is 0 Å². The van der Waals surface area contributed by atoms with E-state index in [1.54, 1.807) is 6.08 Å². The number of amides is 1. The lowest BCUT2D eigenvalue weighted by molar-refractivity contribution is -0.302. The van der Waals surface area contributed by atoms with Crippen LogP contribution in [0.5, 0.6) is 0 Å². The number of hydrogen-bond acceptors (Lipinski definition) is 8. The van der Waals surface area contributed by atoms with Crippen LogP contribution in [0.4, 0.5) is 0 Å². The molecule has 1 heterocycles. The minimum Gasteiger partial charge on any atom is -0.394 e. The van der Waals surface area contributed by atoms with Crippen LogP contribution in [0.15, 0.2) is 97.2 Å². The highest BCUT2D eigenvalue weighted by atomic mass is 16.7. The Morgan fingerprint density at radius 2 is 1.05 bits per heavy atom. The van der Waals surface area contributed by atoms with Crippen LogP contribution in [0.25, 0.3) is 0 Å². The normalized spacial score (nSPS) is 21.5. The lowest BCUT2D eigenvalue weighted by Gasteiger charge is -2.40. The third-order valence-electron chi connectivity index (χ3n) is 10.4. The van der Waals surface area contributed by atoms with Crippen molar-refractivity contribution < 1.29 is 39.8 Å². The van der Waals surface area contributed by atoms with Crippen molar-refractivity contribution in [1.29, 1.82) is 0 Å². The van der Waals surface area contributed by atoms with Crippen LogP contribution < -0.4 is 5.32 Å². The summed E-state index contributed by atoms with van der Waals surface area (Å²) in [5.74, 6) is -0.208. The number of hydrogen-bond donors (Lipinski definition) is 6. The molecule has 0 spiro atoms. The van der Waals surface area contributed by atoms with E-state index in [-0.39, 0.29) is 12.5 Å². The fraction of sp³-hybridized carbons (Fsp3) is 0.667. The molecule has 1 amide bonds. The van der Waals surface area contributed by atoms with Gasteiger partial charge in [-0.3, -0.25) is 4.79 Å². The summed E-state index contributed by atoms with van der Waals surface area (Å²) >= 11 is 0. The van der Waals surface area contributed by atoms with Gasteiger partial charge in [0.05, 0.1) is 25.4 Å². The molecule has 1 aliphatic heterocycles. The SMILES string of the molecule is CC/C=C\C/C=C\C/C=C\C/C=C\C/C=C\CCCCCCCCCC(=O)NC(COC1OC(CO)C(O)C(O)C1O)C(O)/C=C/CC/C=C/CC/C=C/CCCCCC. The van der Waals surface area contributed by atoms with Gasteiger partial charge in [0, 0.05) is 6.42 Å². The van der Waals surface area contributed by atoms with Gasteiger partial charge in [-0.05, 0) is 89.9 Å². The number of nitrogens with one attached hydrogen (secondary N) is 1. The Balaban J connectivity index is 2.36. The second-order valence-electron chi connectivity index (χ2n) is 15.8. The van der Waals surface area contributed by atoms with E-state index in [0.29, 0.717) is 6.42 Å². The highest BCUT2D eigenvalue weighted by Gasteiger charge is 2.44. The summed E-state index contributed by atoms with van der Waals surface area (Å²) in [5, 5.41) is 54.2. The molecule has 0 saturated carbocycles. The topological polar surface area (TPSA) is 149 Å². The summed E-state index contributed by atoms with van der Waals surface area (Å²) < 4.78 is 11.2. The third-order valence-corrected chi connectivity index (χ3v) is 10.4. The number of rotatable bonds is 37. The van der Waals surface area contributed by atoms with Gasteiger partial charge in [-0.15, -0.1) is 0 Å². The first kappa shape index (κ1) is 55.1. The zero-order valence-corrected chi connectivity index (χ0v) is 37.4. The summed E-state index contributed by atoms with van der Waals surface area (Å²) in [5.41, 5.74) is 0. The Bertz CT molecular complexity index is 1250. The molecule has 0 bridgehead atoms. The molecule has 7 atom stereocenters. The smallest absolute Gasteiger partial charge is 0.220 e. The molecule has 0 radical (unpaired) electrons. The van der Waals surface area contributed by atoms with Crippen molar-refractivity contribution in [3.8, 4) is 0 Å². The van der Waals surface area contributed by atoms with Gasteiger partial charge in [-0.1, -0.05) is 162 Å². The zero-order chi connectivity index (χ0) is 43.7. The molecule has 60 heavy (non-hydrogen) atoms. The molecule has 9 heteroatoms. The Kier molecular flexibility index (Phi) is 36.9. The molecular formula is C51H85NO8. The fourth-order valence-corrected chi connectivity index (χ4v) is 6.62. The quantitative estimate of drug-likeness (QED) is 0.0268. The van der Waals surface area contributed by atoms with E-state index in [4.69, 9.17) is 9.47 Å². The Labute approximate surface area is 364 Å². The molecule has 1 aliphatic rings. The van der Waals surface area contributed by atoms with Gasteiger partial charge in [0.2, 0.25) is 5.91 Å². The molecule has 7 unspecified atom stereocenters. The van der Waals surface area contributed by atoms with E-state index in [9.17, 15) is 30.3 Å². The number of unbranched alkanes of at least 4 members (excludes halogenated alkanes) is 13. The highest BCUT2D eigenvalue weighted by molar-refractivity contribution is 5.76. The van der Waals surface area contributed by atoms with Crippen molar-refractivity contribution in [2.75, 3.05) is 13.2 Å². The zero-order valence-electron chi connectivity index (χ0n) is 37.4. The molecule has 9 nitrogen and oxygen atoms in total. The average Bonchev–Trinajstić information content (AvgIpc) is 3.25. The summed E-state index contributed by atoms with van der Waals surface area (Å²) in [6, 6.07) is -0.839. The highest BCUT2D eigenvalue weighted by Crippen LogP contribution is 2.22. The molecule has 6 N–H and O–H groups in total. The van der Waals surface area contributed by atoms with Crippen LogP contribution in [0.3, 0.4) is 0 Å². The van der Waals surface area contributed by atoms with Crippen molar-refractivity contribution in [3.05, 3.63) is 97.2 Å². The van der Waals surface area contributed by atoms with Crippen molar-refractivity contribution in [3.63, 3.8) is 0 Å². The number of ether oxygens (including phenoxy) is 2. The molecule has 1 rings (SSSR count). The molecule has 0 aromatic rings. The molecular weight excluding hydrogens is 755 g/mol. The molecule has 1 fully saturated rings. The minimum absolute atomic E-state index is 0.208. The van der Waals surface area contributed by atoms with E-state index >= 15 is 0 Å². The van der Waals surface area contributed by atoms with E-state index in [1.807, 2.05) is 6.08 Å². The van der Waals surface area contributed by atoms with Crippen LogP contribution in [0.2, 0.25) is 0 Å². The molecule has 1 saturated heterocycles. The first-order chi connectivity index (χ1) is 29.3. The standard InChI is InChI=1S/C51H85NO8/c1-3-5-7-9-11-13-15-17-19-20-21-22-23-24-25-26-27-29-31-33-35-37-39-41-47(55)52-44(43-59-51-50(58)49(57)48(56)46(42-53)60-51)45(54)40-38-36-34-32-30-28-18-16-14-12-10-8-6-4-2/h5,7,11,13-14,16-17,19,21-22,24-25,30,32,38,40,44-46,48-51,53-54,56-58H,3-4,6,8-10,12,15,18,20,23,26-29,31,33-37,39,41-43H2,1-2H3,(H,52,55)/b7-5-,13-11-,16-14+,19-17-,22-21-,25-24-,32-30+,40-38+. The number of aliphatic hydroxyl groups is 5. The third kappa shape index (κ3) is 30.2. The van der Waals surface area contributed by atoms with Gasteiger partial charge in [-0.25, -0.2) is 0 Å². The van der Waals surface area contributed by atoms with E-state index < -0.39 is 49.5 Å². The van der Waals surface area contributed by atoms with Gasteiger partial charge in [0.1, 0.15) is 24.4 Å². The monoisotopic (exact) mass is 840 g/mol. The van der Waals surface area contributed by atoms with Gasteiger partial charge in [0.15, 0.2) is 6.29 Å². The van der Waals surface area contributed by atoms with Crippen molar-refractivity contribution >= 4 is 5.91 Å². The van der Waals surface area contributed by atoms with E-state index in [2.05, 4.69) is 104 Å². The number of aliphatic hydroxyl groups excluding tert-OH is 5. The molecule has 0 aromatic heterocycles. The summed E-state index contributed by atoms with van der Waals surface area (Å²) in [6.07, 6.45) is 50.2. The average molecular weight is 840 g/mol. The van der Waals surface area contributed by atoms with Crippen LogP contribution >= 0.6 is 0 Å². The maximum Gasteiger partial charge on any atom is 0.220 e. The van der Waals surface area contributed by atoms with Crippen LogP contribution in [-0.4, -0.2) is 87.5 Å². The maximum absolute atomic E-state index is 13.0. The van der Waals surface area contributed by atoms with Crippen LogP contribution in [0.1, 0.15) is 162 Å². The first-order valence-electron chi connectivity index (χ1n) is 23.5. The first-order valence-corrected chi connectivity index (χ1v) is 23.5. The number of carbonyl (C=O) groups excluding carboxylic acids is 1. The van der Waals surface area contributed by atoms with Gasteiger partial charge < -0.3 is 40.3 Å². The summed E-state index contributed by atoms with van der Waals surface area (Å²) in [6.45, 7) is 3.58. The van der Waals surface area contributed by atoms with Gasteiger partial charge in [-0.2, -0.15) is 0 Å². The number of allylic oxidation sites excluding steroid dienone is 15. The second-order valence-corrected chi connectivity index (χ2v) is 15.8. The van der Waals surface area contributed by atoms with Crippen LogP contribution in [-0.2, 0) is 14.3 Å². The van der Waals surface area contributed by atoms with Crippen molar-refractivity contribution in [2.45, 2.75) is 204 Å². The second kappa shape index (κ2) is 40.2. The predicted molar refractivity (Wildman–Crippen MR) is 248 cm³/mol. The lowest BCUT2D eigenvalue weighted by Crippen LogP contribution is -2.60. The summed E-state index contributed by atoms with van der Waals surface area (Å²) in [4.78, 5) is 13.0. The lowest BCUT2D eigenvalue weighted by atomic mass is 9.99. The maximum atomic E-state index is 13.0. The Morgan fingerprint density at radius 3 is 1.60 bits per heavy atom. The van der Waals surface area contributed by atoms with E-state index in [0.717, 1.165) is 96.3 Å². The van der Waals surface area contributed by atoms with Gasteiger partial charge >= 0.3 is 0 Å². The Morgan fingerprint density at radius 1 is 0.583 bits per heavy atom. The van der Waals surface area contributed by atoms with Gasteiger partial charge in [0.25, 0.3) is 0 Å². The predicted octanol–water partition coefficient (Wildman–Crippen LogP) is 10.1.